The number of hydrogen-bond acceptors (Lipinski definition) is 4. The molecule has 3 atom stereocenters. The average molecular weight is 271 g/mol. The number of carbonyl (C=O) groups excluding carboxylic acids is 1. The topological polar surface area (TPSA) is 67.6 Å². The van der Waals surface area contributed by atoms with Crippen LogP contribution < -0.4 is 11.1 Å². The first-order valence-corrected chi connectivity index (χ1v) is 7.16. The maximum absolute atomic E-state index is 11.8. The maximum atomic E-state index is 11.8. The number of amides is 1. The van der Waals surface area contributed by atoms with E-state index in [1.807, 2.05) is 27.7 Å². The molecule has 1 aliphatic heterocycles. The predicted molar refractivity (Wildman–Crippen MR) is 77.0 cm³/mol. The molecule has 112 valence electrons. The van der Waals surface area contributed by atoms with Gasteiger partial charge in [0.2, 0.25) is 0 Å². The van der Waals surface area contributed by atoms with Crippen LogP contribution in [0.4, 0.5) is 4.79 Å². The van der Waals surface area contributed by atoms with Gasteiger partial charge in [0.1, 0.15) is 5.60 Å². The third-order valence-corrected chi connectivity index (χ3v) is 3.49. The molecular weight excluding hydrogens is 242 g/mol. The van der Waals surface area contributed by atoms with Crippen LogP contribution in [-0.2, 0) is 4.74 Å². The number of hydrogen-bond donors (Lipinski definition) is 2. The minimum atomic E-state index is -0.468. The fraction of sp³-hybridized carbons (Fsp3) is 0.929. The van der Waals surface area contributed by atoms with Crippen molar-refractivity contribution in [3.63, 3.8) is 0 Å². The molecule has 1 saturated heterocycles. The zero-order valence-corrected chi connectivity index (χ0v) is 12.9. The molecule has 1 rings (SSSR count). The summed E-state index contributed by atoms with van der Waals surface area (Å²) in [6.07, 6.45) is 0.834. The Morgan fingerprint density at radius 2 is 2.16 bits per heavy atom. The summed E-state index contributed by atoms with van der Waals surface area (Å²) in [6, 6.07) is 0.169. The van der Waals surface area contributed by atoms with Crippen LogP contribution >= 0.6 is 0 Å². The molecule has 1 fully saturated rings. The SMILES string of the molecule is CC1CCN(C(CN)C(C)NC(=O)OC(C)(C)C)C1. The van der Waals surface area contributed by atoms with Gasteiger partial charge in [0.15, 0.2) is 0 Å². The lowest BCUT2D eigenvalue weighted by molar-refractivity contribution is 0.0477. The van der Waals surface area contributed by atoms with Crippen LogP contribution in [0.5, 0.6) is 0 Å². The van der Waals surface area contributed by atoms with Crippen molar-refractivity contribution in [3.8, 4) is 0 Å². The van der Waals surface area contributed by atoms with E-state index < -0.39 is 5.60 Å². The molecule has 0 aromatic heterocycles. The van der Waals surface area contributed by atoms with Crippen molar-refractivity contribution < 1.29 is 9.53 Å². The van der Waals surface area contributed by atoms with Crippen molar-refractivity contribution in [2.75, 3.05) is 19.6 Å². The number of nitrogens with one attached hydrogen (secondary N) is 1. The van der Waals surface area contributed by atoms with Gasteiger partial charge < -0.3 is 15.8 Å². The summed E-state index contributed by atoms with van der Waals surface area (Å²) in [4.78, 5) is 14.1. The molecule has 19 heavy (non-hydrogen) atoms. The normalized spacial score (nSPS) is 24.0. The van der Waals surface area contributed by atoms with Gasteiger partial charge in [-0.15, -0.1) is 0 Å². The molecule has 0 spiro atoms. The Morgan fingerprint density at radius 1 is 1.53 bits per heavy atom. The van der Waals surface area contributed by atoms with E-state index in [1.54, 1.807) is 0 Å². The molecule has 1 aliphatic rings. The minimum absolute atomic E-state index is 0.00912. The number of alkyl carbamates (subject to hydrolysis) is 1. The first-order chi connectivity index (χ1) is 8.73. The van der Waals surface area contributed by atoms with E-state index in [0.29, 0.717) is 12.5 Å². The molecule has 0 radical (unpaired) electrons. The highest BCUT2D eigenvalue weighted by atomic mass is 16.6. The third kappa shape index (κ3) is 5.37. The van der Waals surface area contributed by atoms with E-state index in [4.69, 9.17) is 10.5 Å². The summed E-state index contributed by atoms with van der Waals surface area (Å²) >= 11 is 0. The molecule has 1 amide bonds. The van der Waals surface area contributed by atoms with Crippen LogP contribution in [0, 0.1) is 5.92 Å². The van der Waals surface area contributed by atoms with Gasteiger partial charge in [0.05, 0.1) is 0 Å². The van der Waals surface area contributed by atoms with Crippen molar-refractivity contribution in [1.29, 1.82) is 0 Å². The Bertz CT molecular complexity index is 302. The van der Waals surface area contributed by atoms with Gasteiger partial charge in [-0.3, -0.25) is 4.90 Å². The molecule has 0 aliphatic carbocycles. The lowest BCUT2D eigenvalue weighted by Crippen LogP contribution is -2.53. The van der Waals surface area contributed by atoms with E-state index in [0.717, 1.165) is 13.1 Å². The Labute approximate surface area is 116 Å². The van der Waals surface area contributed by atoms with Crippen LogP contribution in [0.25, 0.3) is 0 Å². The molecular formula is C14H29N3O2. The number of ether oxygens (including phenoxy) is 1. The zero-order chi connectivity index (χ0) is 14.6. The van der Waals surface area contributed by atoms with E-state index >= 15 is 0 Å². The molecule has 0 saturated carbocycles. The number of rotatable bonds is 4. The highest BCUT2D eigenvalue weighted by molar-refractivity contribution is 5.68. The van der Waals surface area contributed by atoms with E-state index in [9.17, 15) is 4.79 Å². The van der Waals surface area contributed by atoms with Gasteiger partial charge in [-0.1, -0.05) is 6.92 Å². The average Bonchev–Trinajstić information content (AvgIpc) is 2.62. The van der Waals surface area contributed by atoms with Crippen LogP contribution in [0.15, 0.2) is 0 Å². The van der Waals surface area contributed by atoms with E-state index in [1.165, 1.54) is 6.42 Å². The van der Waals surface area contributed by atoms with Gasteiger partial charge in [0.25, 0.3) is 0 Å². The highest BCUT2D eigenvalue weighted by Gasteiger charge is 2.30. The number of carbonyl (C=O) groups is 1. The second-order valence-corrected chi connectivity index (χ2v) is 6.63. The first-order valence-electron chi connectivity index (χ1n) is 7.16. The number of nitrogens with zero attached hydrogens (tertiary/aromatic N) is 1. The molecule has 3 unspecified atom stereocenters. The predicted octanol–water partition coefficient (Wildman–Crippen LogP) is 1.57. The lowest BCUT2D eigenvalue weighted by Gasteiger charge is -2.32. The summed E-state index contributed by atoms with van der Waals surface area (Å²) in [6.45, 7) is 12.5. The van der Waals surface area contributed by atoms with Crippen LogP contribution in [-0.4, -0.2) is 48.3 Å². The fourth-order valence-electron chi connectivity index (χ4n) is 2.53. The smallest absolute Gasteiger partial charge is 0.407 e. The van der Waals surface area contributed by atoms with Crippen molar-refractivity contribution in [3.05, 3.63) is 0 Å². The fourth-order valence-corrected chi connectivity index (χ4v) is 2.53. The number of nitrogens with two attached hydrogens (primary N) is 1. The Kier molecular flexibility index (Phi) is 5.62. The summed E-state index contributed by atoms with van der Waals surface area (Å²) < 4.78 is 5.28. The zero-order valence-electron chi connectivity index (χ0n) is 12.9. The Morgan fingerprint density at radius 3 is 2.58 bits per heavy atom. The van der Waals surface area contributed by atoms with Crippen molar-refractivity contribution >= 4 is 6.09 Å². The lowest BCUT2D eigenvalue weighted by atomic mass is 10.1. The third-order valence-electron chi connectivity index (χ3n) is 3.49. The van der Waals surface area contributed by atoms with Gasteiger partial charge in [0, 0.05) is 25.2 Å². The summed E-state index contributed by atoms with van der Waals surface area (Å²) in [5, 5.41) is 2.90. The summed E-state index contributed by atoms with van der Waals surface area (Å²) in [5.41, 5.74) is 5.40. The van der Waals surface area contributed by atoms with Crippen molar-refractivity contribution in [2.45, 2.75) is 58.7 Å². The van der Waals surface area contributed by atoms with Crippen LogP contribution in [0.1, 0.15) is 41.0 Å². The van der Waals surface area contributed by atoms with E-state index in [-0.39, 0.29) is 18.2 Å². The molecule has 3 N–H and O–H groups in total. The maximum Gasteiger partial charge on any atom is 0.407 e. The molecule has 0 bridgehead atoms. The minimum Gasteiger partial charge on any atom is -0.444 e. The molecule has 5 heteroatoms. The summed E-state index contributed by atoms with van der Waals surface area (Å²) in [7, 11) is 0. The molecule has 5 nitrogen and oxygen atoms in total. The van der Waals surface area contributed by atoms with Gasteiger partial charge >= 0.3 is 6.09 Å². The highest BCUT2D eigenvalue weighted by Crippen LogP contribution is 2.19. The second kappa shape index (κ2) is 6.57. The van der Waals surface area contributed by atoms with Gasteiger partial charge in [-0.05, 0) is 46.6 Å². The van der Waals surface area contributed by atoms with Crippen LogP contribution in [0.2, 0.25) is 0 Å². The second-order valence-electron chi connectivity index (χ2n) is 6.63. The Hall–Kier alpha value is -0.810. The Balaban J connectivity index is 2.50. The van der Waals surface area contributed by atoms with Gasteiger partial charge in [-0.25, -0.2) is 4.79 Å². The first kappa shape index (κ1) is 16.2. The quantitative estimate of drug-likeness (QED) is 0.814. The van der Waals surface area contributed by atoms with Crippen LogP contribution in [0.3, 0.4) is 0 Å². The largest absolute Gasteiger partial charge is 0.444 e. The van der Waals surface area contributed by atoms with Gasteiger partial charge in [-0.2, -0.15) is 0 Å². The standard InChI is InChI=1S/C14H29N3O2/c1-10-6-7-17(9-10)12(8-15)11(2)16-13(18)19-14(3,4)5/h10-12H,6-9,15H2,1-5H3,(H,16,18). The van der Waals surface area contributed by atoms with Crippen molar-refractivity contribution in [1.82, 2.24) is 10.2 Å². The molecule has 1 heterocycles. The molecule has 0 aromatic rings. The number of likely N-dealkylation sites (tertiary alicyclic amines) is 1. The summed E-state index contributed by atoms with van der Waals surface area (Å²) in [5.74, 6) is 0.711. The van der Waals surface area contributed by atoms with E-state index in [2.05, 4.69) is 17.1 Å². The van der Waals surface area contributed by atoms with Crippen molar-refractivity contribution in [2.24, 2.45) is 11.7 Å². The monoisotopic (exact) mass is 271 g/mol. The molecule has 0 aromatic carbocycles.